The molecule has 32 heavy (non-hydrogen) atoms. The van der Waals surface area contributed by atoms with Crippen molar-refractivity contribution >= 4 is 50.6 Å². The van der Waals surface area contributed by atoms with Crippen LogP contribution in [0.25, 0.3) is 10.1 Å². The molecule has 0 aliphatic carbocycles. The van der Waals surface area contributed by atoms with Gasteiger partial charge in [0, 0.05) is 15.8 Å². The standard InChI is InChI=1S/C24H17ClFNO4S/c1-14(30-24(29)22-21(25)19-12-7-15(26)13-20(19)32-22)23(28)27-16-8-10-18(11-9-16)31-17-5-3-2-4-6-17/h2-14H,1H3,(H,27,28). The first-order valence-electron chi connectivity index (χ1n) is 9.63. The number of rotatable bonds is 6. The monoisotopic (exact) mass is 469 g/mol. The van der Waals surface area contributed by atoms with Crippen LogP contribution in [-0.4, -0.2) is 18.0 Å². The number of ether oxygens (including phenoxy) is 2. The van der Waals surface area contributed by atoms with Crippen LogP contribution >= 0.6 is 22.9 Å². The summed E-state index contributed by atoms with van der Waals surface area (Å²) in [4.78, 5) is 25.1. The molecule has 0 aliphatic heterocycles. The average molecular weight is 470 g/mol. The maximum atomic E-state index is 13.4. The molecule has 1 aromatic heterocycles. The summed E-state index contributed by atoms with van der Waals surface area (Å²) in [7, 11) is 0. The zero-order valence-electron chi connectivity index (χ0n) is 16.8. The molecule has 1 amide bonds. The highest BCUT2D eigenvalue weighted by molar-refractivity contribution is 7.21. The van der Waals surface area contributed by atoms with Gasteiger partial charge in [-0.2, -0.15) is 0 Å². The minimum atomic E-state index is -1.07. The number of fused-ring (bicyclic) bond motifs is 1. The summed E-state index contributed by atoms with van der Waals surface area (Å²) in [6.07, 6.45) is -1.07. The number of hydrogen-bond acceptors (Lipinski definition) is 5. The molecule has 0 saturated carbocycles. The molecule has 1 heterocycles. The van der Waals surface area contributed by atoms with Crippen LogP contribution < -0.4 is 10.1 Å². The Morgan fingerprint density at radius 3 is 2.41 bits per heavy atom. The van der Waals surface area contributed by atoms with E-state index in [1.807, 2.05) is 30.3 Å². The number of nitrogens with one attached hydrogen (secondary N) is 1. The molecule has 8 heteroatoms. The van der Waals surface area contributed by atoms with Gasteiger partial charge < -0.3 is 14.8 Å². The fourth-order valence-electron chi connectivity index (χ4n) is 2.91. The first kappa shape index (κ1) is 21.8. The van der Waals surface area contributed by atoms with Gasteiger partial charge in [0.25, 0.3) is 5.91 Å². The van der Waals surface area contributed by atoms with Crippen molar-refractivity contribution in [3.05, 3.63) is 88.5 Å². The lowest BCUT2D eigenvalue weighted by Crippen LogP contribution is -2.29. The highest BCUT2D eigenvalue weighted by Gasteiger charge is 2.24. The molecule has 1 N–H and O–H groups in total. The van der Waals surface area contributed by atoms with E-state index in [-0.39, 0.29) is 9.90 Å². The van der Waals surface area contributed by atoms with Crippen LogP contribution in [-0.2, 0) is 9.53 Å². The van der Waals surface area contributed by atoms with Gasteiger partial charge in [-0.15, -0.1) is 11.3 Å². The molecule has 1 unspecified atom stereocenters. The summed E-state index contributed by atoms with van der Waals surface area (Å²) in [5, 5.41) is 3.42. The highest BCUT2D eigenvalue weighted by Crippen LogP contribution is 2.36. The first-order valence-corrected chi connectivity index (χ1v) is 10.8. The molecule has 4 aromatic rings. The topological polar surface area (TPSA) is 64.6 Å². The van der Waals surface area contributed by atoms with E-state index in [1.54, 1.807) is 24.3 Å². The Kier molecular flexibility index (Phi) is 6.39. The molecule has 0 radical (unpaired) electrons. The summed E-state index contributed by atoms with van der Waals surface area (Å²) < 4.78 is 24.9. The lowest BCUT2D eigenvalue weighted by molar-refractivity contribution is -0.123. The van der Waals surface area contributed by atoms with E-state index in [1.165, 1.54) is 25.1 Å². The molecule has 1 atom stereocenters. The van der Waals surface area contributed by atoms with Crippen molar-refractivity contribution in [2.45, 2.75) is 13.0 Å². The first-order chi connectivity index (χ1) is 15.4. The number of amides is 1. The molecular weight excluding hydrogens is 453 g/mol. The Bertz CT molecular complexity index is 1270. The lowest BCUT2D eigenvalue weighted by atomic mass is 10.2. The fourth-order valence-corrected chi connectivity index (χ4v) is 4.33. The van der Waals surface area contributed by atoms with Crippen LogP contribution in [0.2, 0.25) is 5.02 Å². The number of halogens is 2. The van der Waals surface area contributed by atoms with Crippen molar-refractivity contribution in [3.63, 3.8) is 0 Å². The molecule has 0 aliphatic rings. The third-order valence-corrected chi connectivity index (χ3v) is 6.17. The molecular formula is C24H17ClFNO4S. The van der Waals surface area contributed by atoms with E-state index in [0.29, 0.717) is 27.3 Å². The zero-order valence-corrected chi connectivity index (χ0v) is 18.4. The number of benzene rings is 3. The molecule has 4 rings (SSSR count). The zero-order chi connectivity index (χ0) is 22.7. The van der Waals surface area contributed by atoms with Crippen LogP contribution in [0.5, 0.6) is 11.5 Å². The molecule has 0 bridgehead atoms. The molecule has 0 fully saturated rings. The minimum Gasteiger partial charge on any atom is -0.457 e. The van der Waals surface area contributed by atoms with Crippen molar-refractivity contribution in [1.82, 2.24) is 0 Å². The van der Waals surface area contributed by atoms with Crippen LogP contribution in [0.15, 0.2) is 72.8 Å². The molecule has 5 nitrogen and oxygen atoms in total. The van der Waals surface area contributed by atoms with Crippen molar-refractivity contribution in [3.8, 4) is 11.5 Å². The second-order valence-electron chi connectivity index (χ2n) is 6.86. The largest absolute Gasteiger partial charge is 0.457 e. The Morgan fingerprint density at radius 1 is 1.00 bits per heavy atom. The molecule has 3 aromatic carbocycles. The number of para-hydroxylation sites is 1. The Morgan fingerprint density at radius 2 is 1.69 bits per heavy atom. The van der Waals surface area contributed by atoms with E-state index in [4.69, 9.17) is 21.1 Å². The number of carbonyl (C=O) groups excluding carboxylic acids is 2. The van der Waals surface area contributed by atoms with Crippen LogP contribution in [0.1, 0.15) is 16.6 Å². The molecule has 0 spiro atoms. The van der Waals surface area contributed by atoms with E-state index in [9.17, 15) is 14.0 Å². The second-order valence-corrected chi connectivity index (χ2v) is 8.29. The van der Waals surface area contributed by atoms with Gasteiger partial charge in [-0.05, 0) is 61.5 Å². The van der Waals surface area contributed by atoms with E-state index >= 15 is 0 Å². The fraction of sp³-hybridized carbons (Fsp3) is 0.0833. The predicted octanol–water partition coefficient (Wildman–Crippen LogP) is 6.67. The van der Waals surface area contributed by atoms with Crippen molar-refractivity contribution < 1.29 is 23.5 Å². The van der Waals surface area contributed by atoms with E-state index in [2.05, 4.69) is 5.32 Å². The van der Waals surface area contributed by atoms with E-state index < -0.39 is 23.8 Å². The third-order valence-electron chi connectivity index (χ3n) is 4.53. The van der Waals surface area contributed by atoms with Gasteiger partial charge in [0.2, 0.25) is 0 Å². The Hall–Kier alpha value is -3.42. The Labute approximate surface area is 192 Å². The Balaban J connectivity index is 1.37. The third kappa shape index (κ3) is 4.90. The minimum absolute atomic E-state index is 0.120. The summed E-state index contributed by atoms with van der Waals surface area (Å²) in [6.45, 7) is 1.46. The van der Waals surface area contributed by atoms with Crippen molar-refractivity contribution in [1.29, 1.82) is 0 Å². The van der Waals surface area contributed by atoms with Gasteiger partial charge in [0.1, 0.15) is 22.2 Å². The second kappa shape index (κ2) is 9.38. The lowest BCUT2D eigenvalue weighted by Gasteiger charge is -2.13. The smallest absolute Gasteiger partial charge is 0.350 e. The van der Waals surface area contributed by atoms with Gasteiger partial charge >= 0.3 is 5.97 Å². The van der Waals surface area contributed by atoms with Crippen molar-refractivity contribution in [2.75, 3.05) is 5.32 Å². The molecule has 162 valence electrons. The maximum Gasteiger partial charge on any atom is 0.350 e. The quantitative estimate of drug-likeness (QED) is 0.320. The van der Waals surface area contributed by atoms with Gasteiger partial charge in [-0.3, -0.25) is 4.79 Å². The summed E-state index contributed by atoms with van der Waals surface area (Å²) >= 11 is 7.26. The van der Waals surface area contributed by atoms with Crippen LogP contribution in [0, 0.1) is 5.82 Å². The van der Waals surface area contributed by atoms with Gasteiger partial charge in [0.05, 0.1) is 5.02 Å². The summed E-state index contributed by atoms with van der Waals surface area (Å²) in [5.41, 5.74) is 0.522. The number of esters is 1. The predicted molar refractivity (Wildman–Crippen MR) is 123 cm³/mol. The SMILES string of the molecule is CC(OC(=O)c1sc2cc(F)ccc2c1Cl)C(=O)Nc1ccc(Oc2ccccc2)cc1. The molecule has 0 saturated heterocycles. The van der Waals surface area contributed by atoms with Gasteiger partial charge in [-0.25, -0.2) is 9.18 Å². The number of hydrogen-bond donors (Lipinski definition) is 1. The summed E-state index contributed by atoms with van der Waals surface area (Å²) in [6, 6.07) is 20.2. The maximum absolute atomic E-state index is 13.4. The average Bonchev–Trinajstić information content (AvgIpc) is 3.11. The normalized spacial score (nSPS) is 11.7. The van der Waals surface area contributed by atoms with Gasteiger partial charge in [-0.1, -0.05) is 29.8 Å². The van der Waals surface area contributed by atoms with Gasteiger partial charge in [0.15, 0.2) is 6.10 Å². The number of thiophene rings is 1. The van der Waals surface area contributed by atoms with Crippen molar-refractivity contribution in [2.24, 2.45) is 0 Å². The number of carbonyl (C=O) groups is 2. The van der Waals surface area contributed by atoms with E-state index in [0.717, 1.165) is 11.3 Å². The number of anilines is 1. The van der Waals surface area contributed by atoms with Crippen LogP contribution in [0.4, 0.5) is 10.1 Å². The van der Waals surface area contributed by atoms with Crippen LogP contribution in [0.3, 0.4) is 0 Å². The summed E-state index contributed by atoms with van der Waals surface area (Å²) in [5.74, 6) is -0.357. The highest BCUT2D eigenvalue weighted by atomic mass is 35.5.